The SMILES string of the molecule is O=S(=O)(NCCc1ccc(O)cc1)c1ccc(Br)cc1F. The number of phenolic OH excluding ortho intramolecular Hbond substituents is 1. The van der Waals surface area contributed by atoms with Crippen LogP contribution in [0.2, 0.25) is 0 Å². The number of aromatic hydroxyl groups is 1. The molecule has 0 bridgehead atoms. The predicted octanol–water partition coefficient (Wildman–Crippen LogP) is 2.81. The monoisotopic (exact) mass is 373 g/mol. The van der Waals surface area contributed by atoms with Crippen LogP contribution >= 0.6 is 15.9 Å². The predicted molar refractivity (Wildman–Crippen MR) is 81.1 cm³/mol. The third-order valence-electron chi connectivity index (χ3n) is 2.83. The maximum Gasteiger partial charge on any atom is 0.243 e. The number of hydrogen-bond donors (Lipinski definition) is 2. The van der Waals surface area contributed by atoms with Crippen LogP contribution in [0.5, 0.6) is 5.75 Å². The van der Waals surface area contributed by atoms with Crippen LogP contribution in [0.4, 0.5) is 4.39 Å². The second-order valence-electron chi connectivity index (χ2n) is 4.39. The van der Waals surface area contributed by atoms with Crippen LogP contribution < -0.4 is 4.72 Å². The molecule has 0 fully saturated rings. The minimum Gasteiger partial charge on any atom is -0.508 e. The Kier molecular flexibility index (Phi) is 4.97. The fraction of sp³-hybridized carbons (Fsp3) is 0.143. The first-order valence-electron chi connectivity index (χ1n) is 6.11. The molecule has 0 aliphatic heterocycles. The maximum atomic E-state index is 13.7. The number of nitrogens with one attached hydrogen (secondary N) is 1. The number of benzene rings is 2. The van der Waals surface area contributed by atoms with Crippen molar-refractivity contribution in [2.45, 2.75) is 11.3 Å². The Bertz CT molecular complexity index is 732. The van der Waals surface area contributed by atoms with Gasteiger partial charge in [-0.1, -0.05) is 28.1 Å². The highest BCUT2D eigenvalue weighted by Crippen LogP contribution is 2.19. The summed E-state index contributed by atoms with van der Waals surface area (Å²) < 4.78 is 40.5. The van der Waals surface area contributed by atoms with E-state index in [0.29, 0.717) is 10.9 Å². The Morgan fingerprint density at radius 1 is 1.14 bits per heavy atom. The van der Waals surface area contributed by atoms with Crippen molar-refractivity contribution in [2.24, 2.45) is 0 Å². The van der Waals surface area contributed by atoms with Gasteiger partial charge >= 0.3 is 0 Å². The van der Waals surface area contributed by atoms with E-state index >= 15 is 0 Å². The third-order valence-corrected chi connectivity index (χ3v) is 4.81. The zero-order valence-electron chi connectivity index (χ0n) is 10.9. The molecule has 2 aromatic rings. The second-order valence-corrected chi connectivity index (χ2v) is 7.04. The van der Waals surface area contributed by atoms with E-state index in [0.717, 1.165) is 11.6 Å². The minimum absolute atomic E-state index is 0.141. The summed E-state index contributed by atoms with van der Waals surface area (Å²) in [4.78, 5) is -0.378. The lowest BCUT2D eigenvalue weighted by Gasteiger charge is -2.08. The van der Waals surface area contributed by atoms with Crippen LogP contribution in [0.15, 0.2) is 51.8 Å². The van der Waals surface area contributed by atoms with Gasteiger partial charge in [-0.05, 0) is 42.3 Å². The molecule has 2 rings (SSSR count). The van der Waals surface area contributed by atoms with Gasteiger partial charge in [0.25, 0.3) is 0 Å². The molecule has 0 aromatic heterocycles. The average molecular weight is 374 g/mol. The molecule has 0 aliphatic rings. The molecule has 0 atom stereocenters. The Hall–Kier alpha value is -1.44. The molecule has 0 amide bonds. The fourth-order valence-electron chi connectivity index (χ4n) is 1.76. The van der Waals surface area contributed by atoms with Crippen LogP contribution in [0.3, 0.4) is 0 Å². The van der Waals surface area contributed by atoms with Crippen LogP contribution in [0.1, 0.15) is 5.56 Å². The van der Waals surface area contributed by atoms with E-state index < -0.39 is 15.8 Å². The van der Waals surface area contributed by atoms with Crippen molar-refractivity contribution in [3.8, 4) is 5.75 Å². The molecule has 7 heteroatoms. The van der Waals surface area contributed by atoms with Gasteiger partial charge in [-0.2, -0.15) is 0 Å². The summed E-state index contributed by atoms with van der Waals surface area (Å²) in [5.41, 5.74) is 0.867. The summed E-state index contributed by atoms with van der Waals surface area (Å²) in [6.07, 6.45) is 0.442. The molecule has 0 heterocycles. The van der Waals surface area contributed by atoms with Crippen molar-refractivity contribution in [3.05, 3.63) is 58.3 Å². The molecular weight excluding hydrogens is 361 g/mol. The molecule has 2 aromatic carbocycles. The van der Waals surface area contributed by atoms with Crippen LogP contribution in [0, 0.1) is 5.82 Å². The van der Waals surface area contributed by atoms with E-state index in [1.54, 1.807) is 12.1 Å². The molecule has 0 radical (unpaired) electrons. The van der Waals surface area contributed by atoms with Gasteiger partial charge in [0.15, 0.2) is 0 Å². The van der Waals surface area contributed by atoms with Gasteiger partial charge < -0.3 is 5.11 Å². The van der Waals surface area contributed by atoms with Gasteiger partial charge in [0.1, 0.15) is 16.5 Å². The maximum absolute atomic E-state index is 13.7. The first-order chi connectivity index (χ1) is 9.88. The molecule has 0 saturated carbocycles. The first kappa shape index (κ1) is 15.9. The lowest BCUT2D eigenvalue weighted by molar-refractivity contribution is 0.475. The van der Waals surface area contributed by atoms with Gasteiger partial charge in [-0.25, -0.2) is 17.5 Å². The summed E-state index contributed by atoms with van der Waals surface area (Å²) in [7, 11) is -3.88. The second kappa shape index (κ2) is 6.55. The molecule has 0 saturated heterocycles. The van der Waals surface area contributed by atoms with Gasteiger partial charge in [-0.3, -0.25) is 0 Å². The zero-order chi connectivity index (χ0) is 15.5. The van der Waals surface area contributed by atoms with Crippen molar-refractivity contribution < 1.29 is 17.9 Å². The lowest BCUT2D eigenvalue weighted by Crippen LogP contribution is -2.26. The van der Waals surface area contributed by atoms with E-state index in [-0.39, 0.29) is 17.2 Å². The van der Waals surface area contributed by atoms with Crippen LogP contribution in [-0.2, 0) is 16.4 Å². The van der Waals surface area contributed by atoms with Gasteiger partial charge in [0, 0.05) is 11.0 Å². The minimum atomic E-state index is -3.88. The lowest BCUT2D eigenvalue weighted by atomic mass is 10.1. The van der Waals surface area contributed by atoms with Gasteiger partial charge in [0.2, 0.25) is 10.0 Å². The molecular formula is C14H13BrFNO3S. The normalized spacial score (nSPS) is 11.5. The molecule has 0 spiro atoms. The Labute approximate surface area is 130 Å². The number of rotatable bonds is 5. The fourth-order valence-corrected chi connectivity index (χ4v) is 3.19. The Balaban J connectivity index is 2.03. The van der Waals surface area contributed by atoms with Crippen molar-refractivity contribution in [3.63, 3.8) is 0 Å². The van der Waals surface area contributed by atoms with Gasteiger partial charge in [-0.15, -0.1) is 0 Å². The van der Waals surface area contributed by atoms with Crippen molar-refractivity contribution in [1.29, 1.82) is 0 Å². The van der Waals surface area contributed by atoms with Gasteiger partial charge in [0.05, 0.1) is 0 Å². The highest BCUT2D eigenvalue weighted by Gasteiger charge is 2.18. The van der Waals surface area contributed by atoms with E-state index in [2.05, 4.69) is 20.7 Å². The highest BCUT2D eigenvalue weighted by atomic mass is 79.9. The topological polar surface area (TPSA) is 66.4 Å². The Morgan fingerprint density at radius 2 is 1.81 bits per heavy atom. The standard InChI is InChI=1S/C14H13BrFNO3S/c15-11-3-6-14(13(16)9-11)21(19,20)17-8-7-10-1-4-12(18)5-2-10/h1-6,9,17-18H,7-8H2. The summed E-state index contributed by atoms with van der Waals surface area (Å²) in [6.45, 7) is 0.141. The quantitative estimate of drug-likeness (QED) is 0.846. The summed E-state index contributed by atoms with van der Waals surface area (Å²) in [6, 6.07) is 10.2. The molecule has 0 unspecified atom stereocenters. The van der Waals surface area contributed by atoms with E-state index in [4.69, 9.17) is 5.11 Å². The third kappa shape index (κ3) is 4.26. The average Bonchev–Trinajstić information content (AvgIpc) is 2.40. The Morgan fingerprint density at radius 3 is 2.43 bits per heavy atom. The first-order valence-corrected chi connectivity index (χ1v) is 8.39. The molecule has 112 valence electrons. The van der Waals surface area contributed by atoms with Crippen molar-refractivity contribution in [2.75, 3.05) is 6.54 Å². The number of phenols is 1. The number of sulfonamides is 1. The molecule has 0 aliphatic carbocycles. The van der Waals surface area contributed by atoms with Crippen LogP contribution in [-0.4, -0.2) is 20.1 Å². The number of halogens is 2. The van der Waals surface area contributed by atoms with Crippen molar-refractivity contribution in [1.82, 2.24) is 4.72 Å². The van der Waals surface area contributed by atoms with Crippen molar-refractivity contribution >= 4 is 26.0 Å². The molecule has 2 N–H and O–H groups in total. The van der Waals surface area contributed by atoms with E-state index in [1.165, 1.54) is 24.3 Å². The summed E-state index contributed by atoms with van der Waals surface area (Å²) in [5, 5.41) is 9.16. The molecule has 4 nitrogen and oxygen atoms in total. The van der Waals surface area contributed by atoms with Crippen LogP contribution in [0.25, 0.3) is 0 Å². The largest absolute Gasteiger partial charge is 0.508 e. The van der Waals surface area contributed by atoms with E-state index in [9.17, 15) is 12.8 Å². The zero-order valence-corrected chi connectivity index (χ0v) is 13.3. The molecule has 21 heavy (non-hydrogen) atoms. The highest BCUT2D eigenvalue weighted by molar-refractivity contribution is 9.10. The smallest absolute Gasteiger partial charge is 0.243 e. The summed E-state index contributed by atoms with van der Waals surface area (Å²) in [5.74, 6) is -0.655. The number of hydrogen-bond acceptors (Lipinski definition) is 3. The summed E-state index contributed by atoms with van der Waals surface area (Å²) >= 11 is 3.08. The van der Waals surface area contributed by atoms with E-state index in [1.807, 2.05) is 0 Å².